The molecule has 23 heavy (non-hydrogen) atoms. The van der Waals surface area contributed by atoms with Crippen LogP contribution in [-0.2, 0) is 27.2 Å². The van der Waals surface area contributed by atoms with Crippen molar-refractivity contribution in [3.63, 3.8) is 0 Å². The normalized spacial score (nSPS) is 11.4. The molecule has 0 unspecified atom stereocenters. The van der Waals surface area contributed by atoms with Crippen molar-refractivity contribution < 1.29 is 43.0 Å². The van der Waals surface area contributed by atoms with E-state index in [1.54, 1.807) is 0 Å². The summed E-state index contributed by atoms with van der Waals surface area (Å²) in [5.74, 6) is 0. The van der Waals surface area contributed by atoms with Gasteiger partial charge in [0.2, 0.25) is 5.56 Å². The van der Waals surface area contributed by atoms with E-state index in [2.05, 4.69) is 6.07 Å². The molecule has 1 aromatic carbocycles. The molecule has 0 saturated heterocycles. The maximum atomic E-state index is 12.8. The van der Waals surface area contributed by atoms with Gasteiger partial charge in [-0.2, -0.15) is 40.2 Å². The summed E-state index contributed by atoms with van der Waals surface area (Å²) in [6.45, 7) is -3.77. The molecule has 1 aromatic heterocycles. The molecule has 0 fully saturated rings. The van der Waals surface area contributed by atoms with Crippen molar-refractivity contribution in [1.29, 1.82) is 0 Å². The van der Waals surface area contributed by atoms with Gasteiger partial charge in [0.15, 0.2) is 0 Å². The third-order valence-electron chi connectivity index (χ3n) is 2.64. The van der Waals surface area contributed by atoms with Gasteiger partial charge in [-0.3, -0.25) is 9.36 Å². The van der Waals surface area contributed by atoms with Gasteiger partial charge < -0.3 is 0 Å². The summed E-state index contributed by atoms with van der Waals surface area (Å²) in [6, 6.07) is 5.67. The molecule has 122 valence electrons. The van der Waals surface area contributed by atoms with Crippen molar-refractivity contribution in [3.05, 3.63) is 61.9 Å². The molecule has 0 radical (unpaired) electrons. The van der Waals surface area contributed by atoms with Crippen LogP contribution in [0.25, 0.3) is 5.69 Å². The molecule has 1 heterocycles. The molecule has 2 rings (SSSR count). The van der Waals surface area contributed by atoms with E-state index in [0.29, 0.717) is 0 Å². The van der Waals surface area contributed by atoms with Crippen LogP contribution in [0.2, 0.25) is 5.02 Å². The first-order valence-corrected chi connectivity index (χ1v) is 5.92. The van der Waals surface area contributed by atoms with E-state index in [4.69, 9.17) is 11.6 Å². The Labute approximate surface area is 144 Å². The maximum Gasteiger partial charge on any atom is 2.00 e. The standard InChI is InChI=1S/C12H5ClF5N2O2.W/c13-6-1-3-7(4-2-6)19-9(21)5-8(12(16,17)18)20(10(14)15)11(19)22;/h1,3-5,10H;/q-1;+2. The number of rotatable bonds is 2. The van der Waals surface area contributed by atoms with Crippen LogP contribution < -0.4 is 11.2 Å². The smallest absolute Gasteiger partial charge is 0.284 e. The van der Waals surface area contributed by atoms with Gasteiger partial charge in [-0.25, -0.2) is 9.36 Å². The molecule has 0 N–H and O–H groups in total. The second-order valence-electron chi connectivity index (χ2n) is 4.03. The van der Waals surface area contributed by atoms with Crippen molar-refractivity contribution in [2.45, 2.75) is 12.7 Å². The Balaban J connectivity index is 0.00000264. The minimum absolute atomic E-state index is 0. The minimum Gasteiger partial charge on any atom is -0.284 e. The molecule has 0 aliphatic heterocycles. The fourth-order valence-electron chi connectivity index (χ4n) is 1.74. The Bertz CT molecular complexity index is 814. The number of aromatic nitrogens is 2. The van der Waals surface area contributed by atoms with Crippen LogP contribution >= 0.6 is 11.6 Å². The quantitative estimate of drug-likeness (QED) is 0.449. The Kier molecular flexibility index (Phi) is 5.93. The molecular weight excluding hydrogens is 518 g/mol. The zero-order valence-electron chi connectivity index (χ0n) is 10.8. The van der Waals surface area contributed by atoms with E-state index < -0.39 is 34.2 Å². The van der Waals surface area contributed by atoms with Gasteiger partial charge in [0, 0.05) is 6.07 Å². The van der Waals surface area contributed by atoms with Crippen LogP contribution in [0.1, 0.15) is 12.2 Å². The summed E-state index contributed by atoms with van der Waals surface area (Å²) < 4.78 is 63.1. The van der Waals surface area contributed by atoms with Crippen molar-refractivity contribution in [3.8, 4) is 5.69 Å². The topological polar surface area (TPSA) is 44.0 Å². The molecule has 11 heteroatoms. The minimum atomic E-state index is -5.28. The van der Waals surface area contributed by atoms with E-state index in [0.717, 1.165) is 12.1 Å². The number of alkyl halides is 5. The van der Waals surface area contributed by atoms with Gasteiger partial charge in [0.05, 0.1) is 0 Å². The van der Waals surface area contributed by atoms with Crippen LogP contribution in [-0.4, -0.2) is 9.13 Å². The molecule has 0 spiro atoms. The average Bonchev–Trinajstić information content (AvgIpc) is 2.38. The number of hydrogen-bond acceptors (Lipinski definition) is 2. The Morgan fingerprint density at radius 1 is 1.17 bits per heavy atom. The fraction of sp³-hybridized carbons (Fsp3) is 0.167. The molecule has 0 atom stereocenters. The maximum absolute atomic E-state index is 12.8. The van der Waals surface area contributed by atoms with Crippen molar-refractivity contribution in [1.82, 2.24) is 9.13 Å². The fourth-order valence-corrected chi connectivity index (χ4v) is 1.86. The number of halogens is 6. The molecule has 2 aromatic rings. The third kappa shape index (κ3) is 3.90. The predicted octanol–water partition coefficient (Wildman–Crippen LogP) is 2.86. The number of benzene rings is 1. The Morgan fingerprint density at radius 3 is 2.22 bits per heavy atom. The van der Waals surface area contributed by atoms with Gasteiger partial charge in [0.25, 0.3) is 0 Å². The summed E-state index contributed by atoms with van der Waals surface area (Å²) in [4.78, 5) is 23.6. The van der Waals surface area contributed by atoms with Gasteiger partial charge in [-0.05, 0) is 0 Å². The van der Waals surface area contributed by atoms with E-state index in [9.17, 15) is 31.5 Å². The van der Waals surface area contributed by atoms with Crippen molar-refractivity contribution in [2.24, 2.45) is 0 Å². The summed E-state index contributed by atoms with van der Waals surface area (Å²) >= 11 is 5.55. The predicted molar refractivity (Wildman–Crippen MR) is 66.4 cm³/mol. The number of nitrogens with zero attached hydrogens (tertiary/aromatic N) is 2. The van der Waals surface area contributed by atoms with Crippen LogP contribution in [0, 0.1) is 6.07 Å². The second-order valence-corrected chi connectivity index (χ2v) is 4.43. The summed E-state index contributed by atoms with van der Waals surface area (Å²) in [5, 5.41) is 0.109. The second kappa shape index (κ2) is 6.96. The Morgan fingerprint density at radius 2 is 1.78 bits per heavy atom. The molecule has 4 nitrogen and oxygen atoms in total. The van der Waals surface area contributed by atoms with Crippen molar-refractivity contribution >= 4 is 11.6 Å². The summed E-state index contributed by atoms with van der Waals surface area (Å²) in [7, 11) is 0. The van der Waals surface area contributed by atoms with Crippen LogP contribution in [0.4, 0.5) is 22.0 Å². The molecule has 0 aliphatic carbocycles. The van der Waals surface area contributed by atoms with E-state index >= 15 is 0 Å². The summed E-state index contributed by atoms with van der Waals surface area (Å²) in [5.41, 5.74) is -5.47. The van der Waals surface area contributed by atoms with E-state index in [1.807, 2.05) is 0 Å². The third-order valence-corrected chi connectivity index (χ3v) is 2.87. The first-order chi connectivity index (χ1) is 10.1. The van der Waals surface area contributed by atoms with Gasteiger partial charge in [-0.1, -0.05) is 10.7 Å². The SMILES string of the molecule is O=c1cc(C(F)(F)F)n(C(F)F)c(=O)n1-c1c[c-]c(Cl)cc1.[W+2]. The van der Waals surface area contributed by atoms with Gasteiger partial charge >= 0.3 is 39.5 Å². The molecule has 0 aliphatic rings. The van der Waals surface area contributed by atoms with Crippen LogP contribution in [0.15, 0.2) is 33.9 Å². The summed E-state index contributed by atoms with van der Waals surface area (Å²) in [6.07, 6.45) is -5.28. The first kappa shape index (κ1) is 19.6. The monoisotopic (exact) mass is 523 g/mol. The zero-order valence-corrected chi connectivity index (χ0v) is 14.5. The average molecular weight is 523 g/mol. The van der Waals surface area contributed by atoms with Gasteiger partial charge in [-0.15, -0.1) is 17.7 Å². The molecule has 0 bridgehead atoms. The van der Waals surface area contributed by atoms with Gasteiger partial charge in [0.1, 0.15) is 5.69 Å². The van der Waals surface area contributed by atoms with E-state index in [-0.39, 0.29) is 42.4 Å². The zero-order chi connectivity index (χ0) is 16.7. The molecule has 0 amide bonds. The molecule has 0 saturated carbocycles. The largest absolute Gasteiger partial charge is 2.00 e. The van der Waals surface area contributed by atoms with Crippen LogP contribution in [0.5, 0.6) is 0 Å². The Hall–Kier alpha value is -1.47. The van der Waals surface area contributed by atoms with Crippen LogP contribution in [0.3, 0.4) is 0 Å². The van der Waals surface area contributed by atoms with E-state index in [1.165, 1.54) is 6.07 Å². The molecular formula is C12H5ClF5N2O2W+. The first-order valence-electron chi connectivity index (χ1n) is 5.54. The number of hydrogen-bond donors (Lipinski definition) is 0. The van der Waals surface area contributed by atoms with Crippen molar-refractivity contribution in [2.75, 3.05) is 0 Å².